The lowest BCUT2D eigenvalue weighted by molar-refractivity contribution is -0.130. The van der Waals surface area contributed by atoms with Gasteiger partial charge in [-0.15, -0.1) is 0 Å². The molecule has 0 bridgehead atoms. The Morgan fingerprint density at radius 2 is 2.00 bits per heavy atom. The summed E-state index contributed by atoms with van der Waals surface area (Å²) in [6.07, 6.45) is 1.31. The molecule has 4 unspecified atom stereocenters. The molecule has 0 radical (unpaired) electrons. The quantitative estimate of drug-likeness (QED) is 0.903. The maximum absolute atomic E-state index is 12.3. The minimum Gasteiger partial charge on any atom is -0.321 e. The van der Waals surface area contributed by atoms with Crippen LogP contribution < -0.4 is 5.32 Å². The van der Waals surface area contributed by atoms with Gasteiger partial charge in [0, 0.05) is 6.54 Å². The summed E-state index contributed by atoms with van der Waals surface area (Å²) in [7, 11) is 0. The highest BCUT2D eigenvalue weighted by molar-refractivity contribution is 5.84. The van der Waals surface area contributed by atoms with Crippen LogP contribution in [0, 0.1) is 18.8 Å². The fourth-order valence-corrected chi connectivity index (χ4v) is 3.03. The molecule has 3 heteroatoms. The molecular weight excluding hydrogens is 236 g/mol. The summed E-state index contributed by atoms with van der Waals surface area (Å²) in [6, 6.07) is 8.27. The van der Waals surface area contributed by atoms with E-state index in [-0.39, 0.29) is 18.1 Å². The number of carbonyl (C=O) groups excluding carboxylic acids is 1. The highest BCUT2D eigenvalue weighted by Crippen LogP contribution is 2.40. The molecule has 1 aromatic carbocycles. The van der Waals surface area contributed by atoms with Crippen molar-refractivity contribution in [2.75, 3.05) is 6.54 Å². The van der Waals surface area contributed by atoms with E-state index in [9.17, 15) is 4.79 Å². The number of hydrogen-bond acceptors (Lipinski definition) is 2. The lowest BCUT2D eigenvalue weighted by Gasteiger charge is -2.26. The molecule has 102 valence electrons. The van der Waals surface area contributed by atoms with Gasteiger partial charge in [0.1, 0.15) is 6.17 Å². The van der Waals surface area contributed by atoms with Gasteiger partial charge in [-0.25, -0.2) is 0 Å². The maximum atomic E-state index is 12.3. The average molecular weight is 258 g/mol. The molecule has 1 aromatic rings. The fraction of sp³-hybridized carbons (Fsp3) is 0.562. The molecule has 1 amide bonds. The summed E-state index contributed by atoms with van der Waals surface area (Å²) < 4.78 is 0. The Balaban J connectivity index is 1.86. The van der Waals surface area contributed by atoms with Crippen LogP contribution in [0.5, 0.6) is 0 Å². The third-order valence-electron chi connectivity index (χ3n) is 4.56. The largest absolute Gasteiger partial charge is 0.321 e. The zero-order valence-electron chi connectivity index (χ0n) is 11.9. The van der Waals surface area contributed by atoms with Gasteiger partial charge in [0.2, 0.25) is 5.91 Å². The first-order valence-corrected chi connectivity index (χ1v) is 7.20. The van der Waals surface area contributed by atoms with Gasteiger partial charge in [0.15, 0.2) is 0 Å². The summed E-state index contributed by atoms with van der Waals surface area (Å²) in [5, 5.41) is 3.44. The Kier molecular flexibility index (Phi) is 3.09. The van der Waals surface area contributed by atoms with Crippen LogP contribution in [0.1, 0.15) is 37.6 Å². The van der Waals surface area contributed by atoms with E-state index in [2.05, 4.69) is 37.4 Å². The predicted octanol–water partition coefficient (Wildman–Crippen LogP) is 2.47. The molecule has 1 aliphatic carbocycles. The standard InChI is InChI=1S/C16H22N2O/c1-10-6-4-5-7-14(10)15-17-12(3)16(19)18(15)9-13-8-11(13)2/h4-7,11-13,15,17H,8-9H2,1-3H3. The number of hydrogen-bond donors (Lipinski definition) is 1. The van der Waals surface area contributed by atoms with Gasteiger partial charge < -0.3 is 4.90 Å². The normalized spacial score (nSPS) is 33.8. The van der Waals surface area contributed by atoms with Crippen molar-refractivity contribution in [3.8, 4) is 0 Å². The van der Waals surface area contributed by atoms with Crippen LogP contribution in [0.3, 0.4) is 0 Å². The molecule has 2 aliphatic rings. The van der Waals surface area contributed by atoms with Gasteiger partial charge in [-0.2, -0.15) is 0 Å². The number of rotatable bonds is 3. The van der Waals surface area contributed by atoms with Crippen LogP contribution in [0.4, 0.5) is 0 Å². The first-order chi connectivity index (χ1) is 9.08. The molecule has 1 saturated heterocycles. The van der Waals surface area contributed by atoms with E-state index in [1.54, 1.807) is 0 Å². The zero-order chi connectivity index (χ0) is 13.6. The second-order valence-corrected chi connectivity index (χ2v) is 6.11. The summed E-state index contributed by atoms with van der Waals surface area (Å²) >= 11 is 0. The van der Waals surface area contributed by atoms with Gasteiger partial charge in [-0.1, -0.05) is 31.2 Å². The minimum atomic E-state index is -0.0707. The summed E-state index contributed by atoms with van der Waals surface area (Å²) in [5.41, 5.74) is 2.48. The molecule has 1 aliphatic heterocycles. The molecule has 1 N–H and O–H groups in total. The first kappa shape index (κ1) is 12.7. The number of carbonyl (C=O) groups is 1. The summed E-state index contributed by atoms with van der Waals surface area (Å²) in [6.45, 7) is 7.24. The number of amides is 1. The molecule has 3 rings (SSSR count). The van der Waals surface area contributed by atoms with E-state index in [1.165, 1.54) is 17.5 Å². The Hall–Kier alpha value is -1.35. The molecule has 3 nitrogen and oxygen atoms in total. The van der Waals surface area contributed by atoms with Crippen LogP contribution in [0.2, 0.25) is 0 Å². The van der Waals surface area contributed by atoms with Crippen LogP contribution >= 0.6 is 0 Å². The molecule has 1 saturated carbocycles. The van der Waals surface area contributed by atoms with Crippen LogP contribution in [0.25, 0.3) is 0 Å². The molecule has 0 spiro atoms. The van der Waals surface area contributed by atoms with Crippen molar-refractivity contribution in [1.82, 2.24) is 10.2 Å². The topological polar surface area (TPSA) is 32.3 Å². The molecule has 2 fully saturated rings. The van der Waals surface area contributed by atoms with E-state index in [4.69, 9.17) is 0 Å². The second kappa shape index (κ2) is 4.64. The van der Waals surface area contributed by atoms with Crippen molar-refractivity contribution in [2.24, 2.45) is 11.8 Å². The van der Waals surface area contributed by atoms with Gasteiger partial charge in [0.25, 0.3) is 0 Å². The number of benzene rings is 1. The molecule has 1 heterocycles. The van der Waals surface area contributed by atoms with Crippen molar-refractivity contribution in [1.29, 1.82) is 0 Å². The van der Waals surface area contributed by atoms with E-state index in [1.807, 2.05) is 17.9 Å². The van der Waals surface area contributed by atoms with Gasteiger partial charge in [0.05, 0.1) is 6.04 Å². The number of aryl methyl sites for hydroxylation is 1. The van der Waals surface area contributed by atoms with Crippen molar-refractivity contribution in [2.45, 2.75) is 39.4 Å². The van der Waals surface area contributed by atoms with Gasteiger partial charge in [-0.05, 0) is 43.2 Å². The minimum absolute atomic E-state index is 0.0523. The molecular formula is C16H22N2O. The van der Waals surface area contributed by atoms with Crippen molar-refractivity contribution >= 4 is 5.91 Å². The van der Waals surface area contributed by atoms with Crippen molar-refractivity contribution < 1.29 is 4.79 Å². The number of nitrogens with zero attached hydrogens (tertiary/aromatic N) is 1. The maximum Gasteiger partial charge on any atom is 0.241 e. The third-order valence-corrected chi connectivity index (χ3v) is 4.56. The van der Waals surface area contributed by atoms with Crippen molar-refractivity contribution in [3.63, 3.8) is 0 Å². The fourth-order valence-electron chi connectivity index (χ4n) is 3.03. The zero-order valence-corrected chi connectivity index (χ0v) is 11.9. The second-order valence-electron chi connectivity index (χ2n) is 6.11. The number of nitrogens with one attached hydrogen (secondary N) is 1. The van der Waals surface area contributed by atoms with E-state index in [0.717, 1.165) is 12.5 Å². The Morgan fingerprint density at radius 3 is 2.63 bits per heavy atom. The molecule has 19 heavy (non-hydrogen) atoms. The third kappa shape index (κ3) is 2.27. The monoisotopic (exact) mass is 258 g/mol. The smallest absolute Gasteiger partial charge is 0.241 e. The van der Waals surface area contributed by atoms with Crippen LogP contribution in [-0.4, -0.2) is 23.4 Å². The highest BCUT2D eigenvalue weighted by Gasteiger charge is 2.42. The SMILES string of the molecule is Cc1ccccc1C1NC(C)C(=O)N1CC1CC1C. The molecule has 4 atom stereocenters. The van der Waals surface area contributed by atoms with Crippen LogP contribution in [-0.2, 0) is 4.79 Å². The lowest BCUT2D eigenvalue weighted by atomic mass is 10.1. The van der Waals surface area contributed by atoms with E-state index < -0.39 is 0 Å². The predicted molar refractivity (Wildman–Crippen MR) is 75.5 cm³/mol. The van der Waals surface area contributed by atoms with Gasteiger partial charge >= 0.3 is 0 Å². The van der Waals surface area contributed by atoms with Crippen LogP contribution in [0.15, 0.2) is 24.3 Å². The van der Waals surface area contributed by atoms with Crippen molar-refractivity contribution in [3.05, 3.63) is 35.4 Å². The molecule has 0 aromatic heterocycles. The van der Waals surface area contributed by atoms with E-state index >= 15 is 0 Å². The van der Waals surface area contributed by atoms with E-state index in [0.29, 0.717) is 5.92 Å². The Bertz CT molecular complexity index is 499. The highest BCUT2D eigenvalue weighted by atomic mass is 16.2. The average Bonchev–Trinajstić information content (AvgIpc) is 3.01. The lowest BCUT2D eigenvalue weighted by Crippen LogP contribution is -2.33. The summed E-state index contributed by atoms with van der Waals surface area (Å²) in [4.78, 5) is 14.4. The Labute approximate surface area is 115 Å². The first-order valence-electron chi connectivity index (χ1n) is 7.20. The summed E-state index contributed by atoms with van der Waals surface area (Å²) in [5.74, 6) is 1.72. The van der Waals surface area contributed by atoms with Gasteiger partial charge in [-0.3, -0.25) is 10.1 Å². The Morgan fingerprint density at radius 1 is 1.32 bits per heavy atom.